The first-order valence-corrected chi connectivity index (χ1v) is 15.9. The number of benzene rings is 1. The van der Waals surface area contributed by atoms with Crippen molar-refractivity contribution in [2.75, 3.05) is 18.0 Å². The summed E-state index contributed by atoms with van der Waals surface area (Å²) in [6.45, 7) is 13.5. The van der Waals surface area contributed by atoms with E-state index in [0.717, 1.165) is 0 Å². The number of rotatable bonds is 5. The van der Waals surface area contributed by atoms with E-state index < -0.39 is 44.6 Å². The molecule has 5 rings (SSSR count). The topological polar surface area (TPSA) is 114 Å². The van der Waals surface area contributed by atoms with Gasteiger partial charge in [0.1, 0.15) is 28.1 Å². The maximum atomic E-state index is 14.9. The van der Waals surface area contributed by atoms with E-state index in [-0.39, 0.29) is 64.6 Å². The van der Waals surface area contributed by atoms with Crippen LogP contribution in [0.1, 0.15) is 40.2 Å². The highest BCUT2D eigenvalue weighted by Crippen LogP contribution is 2.47. The van der Waals surface area contributed by atoms with Crippen LogP contribution in [0.15, 0.2) is 41.4 Å². The third-order valence-corrected chi connectivity index (χ3v) is 9.54. The zero-order valence-corrected chi connectivity index (χ0v) is 28.4. The molecule has 9 nitrogen and oxygen atoms in total. The number of halogens is 5. The zero-order valence-electron chi connectivity index (χ0n) is 26.1. The van der Waals surface area contributed by atoms with Gasteiger partial charge in [-0.3, -0.25) is 14.2 Å². The number of nitrogens with zero attached hydrogens (tertiary/aromatic N) is 5. The lowest BCUT2D eigenvalue weighted by Crippen LogP contribution is -2.58. The summed E-state index contributed by atoms with van der Waals surface area (Å²) in [5.41, 5.74) is -0.142. The molecule has 0 radical (unpaired) electrons. The van der Waals surface area contributed by atoms with Crippen molar-refractivity contribution in [2.24, 2.45) is 5.92 Å². The molecule has 1 saturated heterocycles. The molecule has 2 N–H and O–H groups in total. The predicted molar refractivity (Wildman–Crippen MR) is 181 cm³/mol. The summed E-state index contributed by atoms with van der Waals surface area (Å²) in [5.74, 6) is -4.25. The average molecular weight is 704 g/mol. The standard InChI is InChI=1S/C33H31Cl3F2N6O3/c1-7-21(45)43-16(5)12-42(13-17(43)6)30-18-10-20(34)28(22-23(35)25(37)26(38)24(36)31(22)46)41-32(18)44(33(47)19(30)11-39)29-15(4)8-9-40-27(29)14(2)3/h7-10,14,16-17,27,40,46H,1,12-13H2,2-6H3/t16-,17+,27?. The van der Waals surface area contributed by atoms with Crippen LogP contribution >= 0.6 is 34.8 Å². The van der Waals surface area contributed by atoms with E-state index in [0.29, 0.717) is 16.7 Å². The van der Waals surface area contributed by atoms with Gasteiger partial charge in [0.05, 0.1) is 38.7 Å². The van der Waals surface area contributed by atoms with E-state index in [4.69, 9.17) is 39.8 Å². The molecule has 2 aliphatic heterocycles. The van der Waals surface area contributed by atoms with Crippen LogP contribution in [-0.2, 0) is 4.79 Å². The van der Waals surface area contributed by atoms with Gasteiger partial charge in [-0.15, -0.1) is 0 Å². The maximum Gasteiger partial charge on any atom is 0.276 e. The first kappa shape index (κ1) is 34.2. The minimum Gasteiger partial charge on any atom is -0.506 e. The molecule has 1 fully saturated rings. The van der Waals surface area contributed by atoms with E-state index >= 15 is 0 Å². The molecule has 14 heteroatoms. The number of piperazine rings is 1. The number of carbonyl (C=O) groups is 1. The molecule has 3 atom stereocenters. The normalized spacial score (nSPS) is 19.7. The third-order valence-electron chi connectivity index (χ3n) is 8.55. The Morgan fingerprint density at radius 3 is 2.38 bits per heavy atom. The lowest BCUT2D eigenvalue weighted by molar-refractivity contribution is -0.130. The number of phenols is 1. The molecule has 47 heavy (non-hydrogen) atoms. The number of amides is 1. The second-order valence-electron chi connectivity index (χ2n) is 12.0. The highest BCUT2D eigenvalue weighted by Gasteiger charge is 2.36. The van der Waals surface area contributed by atoms with Crippen LogP contribution in [0.4, 0.5) is 14.5 Å². The van der Waals surface area contributed by atoms with Crippen molar-refractivity contribution in [3.8, 4) is 23.1 Å². The number of nitriles is 1. The maximum absolute atomic E-state index is 14.9. The number of hydrogen-bond donors (Lipinski definition) is 2. The fraction of sp³-hybridized carbons (Fsp3) is 0.333. The van der Waals surface area contributed by atoms with Crippen LogP contribution in [0, 0.1) is 28.9 Å². The average Bonchev–Trinajstić information content (AvgIpc) is 3.02. The largest absolute Gasteiger partial charge is 0.506 e. The lowest BCUT2D eigenvalue weighted by Gasteiger charge is -2.45. The lowest BCUT2D eigenvalue weighted by atomic mass is 9.94. The summed E-state index contributed by atoms with van der Waals surface area (Å²) in [6.07, 6.45) is 4.78. The van der Waals surface area contributed by atoms with Crippen LogP contribution in [0.5, 0.6) is 5.75 Å². The Kier molecular flexibility index (Phi) is 9.34. The summed E-state index contributed by atoms with van der Waals surface area (Å²) in [6, 6.07) is 2.47. The quantitative estimate of drug-likeness (QED) is 0.170. The van der Waals surface area contributed by atoms with Crippen molar-refractivity contribution in [1.29, 1.82) is 5.26 Å². The number of anilines is 1. The van der Waals surface area contributed by atoms with Gasteiger partial charge in [-0.1, -0.05) is 55.2 Å². The number of carbonyl (C=O) groups excluding carboxylic acids is 1. The van der Waals surface area contributed by atoms with Gasteiger partial charge < -0.3 is 20.2 Å². The second-order valence-corrected chi connectivity index (χ2v) is 13.2. The molecular weight excluding hydrogens is 673 g/mol. The van der Waals surface area contributed by atoms with Crippen LogP contribution < -0.4 is 15.8 Å². The Morgan fingerprint density at radius 1 is 1.19 bits per heavy atom. The smallest absolute Gasteiger partial charge is 0.276 e. The molecule has 4 heterocycles. The molecule has 246 valence electrons. The fourth-order valence-electron chi connectivity index (χ4n) is 6.49. The summed E-state index contributed by atoms with van der Waals surface area (Å²) in [5, 5.41) is 23.0. The number of phenolic OH excluding ortho intramolecular Hbond substituents is 1. The Labute approximate surface area is 284 Å². The second kappa shape index (κ2) is 12.8. The number of aromatic hydroxyl groups is 1. The van der Waals surface area contributed by atoms with Crippen molar-refractivity contribution in [3.05, 3.63) is 79.2 Å². The summed E-state index contributed by atoms with van der Waals surface area (Å²) < 4.78 is 30.6. The van der Waals surface area contributed by atoms with Crippen LogP contribution in [0.2, 0.25) is 15.1 Å². The molecule has 1 unspecified atom stereocenters. The zero-order chi connectivity index (χ0) is 34.6. The Hall–Kier alpha value is -4.11. The van der Waals surface area contributed by atoms with Gasteiger partial charge in [0.25, 0.3) is 5.56 Å². The van der Waals surface area contributed by atoms with Crippen LogP contribution in [0.3, 0.4) is 0 Å². The van der Waals surface area contributed by atoms with E-state index in [1.807, 2.05) is 39.5 Å². The van der Waals surface area contributed by atoms with Gasteiger partial charge in [0.15, 0.2) is 11.6 Å². The molecule has 0 spiro atoms. The molecule has 0 saturated carbocycles. The summed E-state index contributed by atoms with van der Waals surface area (Å²) >= 11 is 18.9. The molecule has 1 aromatic carbocycles. The number of nitrogens with one attached hydrogen (secondary N) is 1. The minimum absolute atomic E-state index is 0.0155. The van der Waals surface area contributed by atoms with Gasteiger partial charge in [0.2, 0.25) is 5.91 Å². The van der Waals surface area contributed by atoms with Gasteiger partial charge in [-0.25, -0.2) is 13.8 Å². The van der Waals surface area contributed by atoms with E-state index in [1.165, 1.54) is 16.7 Å². The number of allylic oxidation sites excluding steroid dienone is 2. The van der Waals surface area contributed by atoms with Crippen molar-refractivity contribution in [2.45, 2.75) is 52.7 Å². The van der Waals surface area contributed by atoms with Crippen molar-refractivity contribution in [1.82, 2.24) is 19.8 Å². The summed E-state index contributed by atoms with van der Waals surface area (Å²) in [4.78, 5) is 35.4. The van der Waals surface area contributed by atoms with E-state index in [1.54, 1.807) is 17.2 Å². The van der Waals surface area contributed by atoms with Gasteiger partial charge in [-0.05, 0) is 56.7 Å². The molecular formula is C33H31Cl3F2N6O3. The molecule has 1 amide bonds. The highest BCUT2D eigenvalue weighted by atomic mass is 35.5. The number of pyridine rings is 2. The van der Waals surface area contributed by atoms with Crippen LogP contribution in [0.25, 0.3) is 28.0 Å². The summed E-state index contributed by atoms with van der Waals surface area (Å²) in [7, 11) is 0. The Balaban J connectivity index is 1.92. The van der Waals surface area contributed by atoms with Gasteiger partial charge in [-0.2, -0.15) is 5.26 Å². The van der Waals surface area contributed by atoms with Gasteiger partial charge >= 0.3 is 0 Å². The van der Waals surface area contributed by atoms with E-state index in [2.05, 4.69) is 18.0 Å². The van der Waals surface area contributed by atoms with Crippen molar-refractivity contribution >= 4 is 63.1 Å². The third kappa shape index (κ3) is 5.52. The Morgan fingerprint density at radius 2 is 1.81 bits per heavy atom. The predicted octanol–water partition coefficient (Wildman–Crippen LogP) is 6.86. The highest BCUT2D eigenvalue weighted by molar-refractivity contribution is 6.39. The van der Waals surface area contributed by atoms with Crippen LogP contribution in [-0.4, -0.2) is 56.7 Å². The first-order chi connectivity index (χ1) is 22.2. The van der Waals surface area contributed by atoms with E-state index in [9.17, 15) is 28.7 Å². The monoisotopic (exact) mass is 702 g/mol. The van der Waals surface area contributed by atoms with Crippen molar-refractivity contribution in [3.63, 3.8) is 0 Å². The SMILES string of the molecule is C=CC(=O)N1[C@H](C)CN(c2c(C#N)c(=O)n(C3=C(C)C=CNC3C(C)C)c3nc(-c4c(O)c(Cl)c(F)c(F)c4Cl)c(Cl)cc23)C[C@@H]1C. The number of dihydropyridines is 1. The molecule has 0 bridgehead atoms. The fourth-order valence-corrected chi connectivity index (χ4v) is 7.17. The van der Waals surface area contributed by atoms with Gasteiger partial charge in [0, 0.05) is 30.6 Å². The molecule has 2 aliphatic rings. The number of fused-ring (bicyclic) bond motifs is 1. The first-order valence-electron chi connectivity index (χ1n) is 14.7. The minimum atomic E-state index is -1.55. The Bertz CT molecular complexity index is 1980. The number of hydrogen-bond acceptors (Lipinski definition) is 7. The molecule has 2 aromatic heterocycles. The molecule has 3 aromatic rings. The van der Waals surface area contributed by atoms with Crippen molar-refractivity contribution < 1.29 is 18.7 Å². The number of aromatic nitrogens is 2. The molecule has 0 aliphatic carbocycles.